The first-order valence-electron chi connectivity index (χ1n) is 8.84. The van der Waals surface area contributed by atoms with E-state index in [9.17, 15) is 19.5 Å². The number of aliphatic carboxylic acids is 1. The van der Waals surface area contributed by atoms with Crippen LogP contribution in [0.3, 0.4) is 0 Å². The van der Waals surface area contributed by atoms with E-state index in [1.807, 2.05) is 0 Å². The number of aromatic nitrogens is 3. The summed E-state index contributed by atoms with van der Waals surface area (Å²) in [6.07, 6.45) is 1.60. The van der Waals surface area contributed by atoms with Gasteiger partial charge >= 0.3 is 5.97 Å². The van der Waals surface area contributed by atoms with Crippen LogP contribution in [0.5, 0.6) is 0 Å². The van der Waals surface area contributed by atoms with Crippen LogP contribution in [-0.2, 0) is 19.2 Å². The van der Waals surface area contributed by atoms with Gasteiger partial charge in [-0.25, -0.2) is 9.78 Å². The molecule has 0 radical (unpaired) electrons. The van der Waals surface area contributed by atoms with Crippen molar-refractivity contribution in [2.45, 2.75) is 15.6 Å². The number of nitrogens with two attached hydrogens (primary N) is 1. The number of carboxylic acids is 1. The van der Waals surface area contributed by atoms with Crippen molar-refractivity contribution in [2.24, 2.45) is 5.16 Å². The average Bonchev–Trinajstić information content (AvgIpc) is 3.45. The van der Waals surface area contributed by atoms with Crippen LogP contribution in [0.15, 0.2) is 32.2 Å². The van der Waals surface area contributed by atoms with Crippen LogP contribution in [0.2, 0.25) is 0 Å². The Hall–Kier alpha value is -2.69. The van der Waals surface area contributed by atoms with Gasteiger partial charge in [-0.05, 0) is 17.1 Å². The maximum absolute atomic E-state index is 12.8. The van der Waals surface area contributed by atoms with Gasteiger partial charge < -0.3 is 21.0 Å². The third kappa shape index (κ3) is 4.30. The molecule has 32 heavy (non-hydrogen) atoms. The van der Waals surface area contributed by atoms with Gasteiger partial charge in [-0.2, -0.15) is 0 Å². The number of amides is 2. The minimum atomic E-state index is -1.19. The Morgan fingerprint density at radius 3 is 2.94 bits per heavy atom. The van der Waals surface area contributed by atoms with E-state index < -0.39 is 29.2 Å². The fourth-order valence-electron chi connectivity index (χ4n) is 3.08. The minimum absolute atomic E-state index is 0.0488. The maximum Gasteiger partial charge on any atom is 0.352 e. The van der Waals surface area contributed by atoms with Crippen molar-refractivity contribution in [3.05, 3.63) is 28.5 Å². The summed E-state index contributed by atoms with van der Waals surface area (Å²) >= 11 is 5.14. The number of carboxylic acid groups (broad SMARTS) is 1. The average molecular weight is 514 g/mol. The van der Waals surface area contributed by atoms with E-state index in [2.05, 4.69) is 25.0 Å². The Bertz CT molecular complexity index is 1120. The molecule has 4 rings (SSSR count). The van der Waals surface area contributed by atoms with Gasteiger partial charge in [0.05, 0.1) is 6.20 Å². The third-order valence-electron chi connectivity index (χ3n) is 4.43. The quantitative estimate of drug-likeness (QED) is 0.194. The highest BCUT2D eigenvalue weighted by atomic mass is 32.2. The number of nitrogen functional groups attached to an aromatic ring is 1. The fraction of sp³-hybridized carbons (Fsp3) is 0.312. The largest absolute Gasteiger partial charge is 0.477 e. The summed E-state index contributed by atoms with van der Waals surface area (Å²) in [5.74, 6) is -1.57. The summed E-state index contributed by atoms with van der Waals surface area (Å²) in [5.41, 5.74) is 6.28. The molecule has 0 spiro atoms. The predicted molar refractivity (Wildman–Crippen MR) is 120 cm³/mol. The molecular weight excluding hydrogens is 498 g/mol. The molecule has 0 bridgehead atoms. The van der Waals surface area contributed by atoms with E-state index in [0.29, 0.717) is 17.1 Å². The zero-order valence-electron chi connectivity index (χ0n) is 16.3. The number of β-lactam (4-membered cyclic amide) rings is 1. The topological polar surface area (TPSA) is 173 Å². The van der Waals surface area contributed by atoms with Gasteiger partial charge in [0.2, 0.25) is 0 Å². The fourth-order valence-corrected chi connectivity index (χ4v) is 6.53. The second kappa shape index (κ2) is 9.43. The lowest BCUT2D eigenvalue weighted by Gasteiger charge is -2.49. The molecule has 2 atom stereocenters. The monoisotopic (exact) mass is 513 g/mol. The molecule has 0 saturated carbocycles. The first-order valence-corrected chi connectivity index (χ1v) is 12.5. The summed E-state index contributed by atoms with van der Waals surface area (Å²) < 4.78 is 4.63. The molecule has 2 aromatic rings. The van der Waals surface area contributed by atoms with Crippen molar-refractivity contribution in [3.63, 3.8) is 0 Å². The number of hydrogen-bond acceptors (Lipinski definition) is 13. The lowest BCUT2D eigenvalue weighted by Crippen LogP contribution is -2.71. The molecule has 2 aliphatic heterocycles. The van der Waals surface area contributed by atoms with Gasteiger partial charge in [0.1, 0.15) is 34.1 Å². The number of thiazole rings is 1. The van der Waals surface area contributed by atoms with Crippen LogP contribution < -0.4 is 11.1 Å². The second-order valence-corrected chi connectivity index (χ2v) is 10.4. The third-order valence-corrected chi connectivity index (χ3v) is 8.36. The van der Waals surface area contributed by atoms with Crippen molar-refractivity contribution in [1.82, 2.24) is 24.8 Å². The molecule has 4 heterocycles. The molecule has 2 amide bonds. The lowest BCUT2D eigenvalue weighted by atomic mass is 10.0. The zero-order chi connectivity index (χ0) is 22.8. The number of nitrogens with zero attached hydrogens (tertiary/aromatic N) is 5. The van der Waals surface area contributed by atoms with Crippen LogP contribution in [0.1, 0.15) is 5.69 Å². The molecule has 16 heteroatoms. The predicted octanol–water partition coefficient (Wildman–Crippen LogP) is 0.458. The van der Waals surface area contributed by atoms with Crippen molar-refractivity contribution in [3.8, 4) is 0 Å². The molecular formula is C16H15N7O5S4. The van der Waals surface area contributed by atoms with E-state index in [-0.39, 0.29) is 22.2 Å². The molecule has 2 aromatic heterocycles. The first kappa shape index (κ1) is 22.5. The highest BCUT2D eigenvalue weighted by Crippen LogP contribution is 2.41. The Kier molecular flexibility index (Phi) is 6.63. The van der Waals surface area contributed by atoms with Gasteiger partial charge in [-0.15, -0.1) is 40.0 Å². The van der Waals surface area contributed by atoms with Crippen molar-refractivity contribution in [2.75, 3.05) is 24.3 Å². The first-order chi connectivity index (χ1) is 15.4. The minimum Gasteiger partial charge on any atom is -0.477 e. The number of nitrogens with one attached hydrogen (secondary N) is 1. The van der Waals surface area contributed by atoms with Crippen LogP contribution in [0, 0.1) is 0 Å². The summed E-state index contributed by atoms with van der Waals surface area (Å²) in [6, 6.07) is -0.903. The SMILES string of the molecule is CON=C(C(=O)N[C@@H]1C(=O)N2C(C(=O)O)=C(CSc3cnns3)CS[C@@H]12)c1csc(N)n1. The van der Waals surface area contributed by atoms with E-state index in [1.165, 1.54) is 47.1 Å². The molecule has 0 unspecified atom stereocenters. The van der Waals surface area contributed by atoms with Gasteiger partial charge in [0.15, 0.2) is 10.8 Å². The highest BCUT2D eigenvalue weighted by Gasteiger charge is 2.54. The Balaban J connectivity index is 1.49. The Morgan fingerprint density at radius 1 is 1.50 bits per heavy atom. The smallest absolute Gasteiger partial charge is 0.352 e. The highest BCUT2D eigenvalue weighted by molar-refractivity contribution is 8.01. The molecule has 1 fully saturated rings. The number of carbonyl (C=O) groups excluding carboxylic acids is 2. The summed E-state index contributed by atoms with van der Waals surface area (Å²) in [6.45, 7) is 0. The van der Waals surface area contributed by atoms with E-state index in [4.69, 9.17) is 10.6 Å². The molecule has 12 nitrogen and oxygen atoms in total. The van der Waals surface area contributed by atoms with Crippen molar-refractivity contribution < 1.29 is 24.3 Å². The van der Waals surface area contributed by atoms with Crippen LogP contribution in [-0.4, -0.2) is 78.1 Å². The summed E-state index contributed by atoms with van der Waals surface area (Å²) in [4.78, 5) is 47.5. The van der Waals surface area contributed by atoms with Crippen molar-refractivity contribution in [1.29, 1.82) is 0 Å². The van der Waals surface area contributed by atoms with E-state index in [1.54, 1.807) is 11.6 Å². The molecule has 2 aliphatic rings. The van der Waals surface area contributed by atoms with Gasteiger partial charge in [0, 0.05) is 16.9 Å². The summed E-state index contributed by atoms with van der Waals surface area (Å²) in [7, 11) is 1.28. The number of hydrogen-bond donors (Lipinski definition) is 3. The van der Waals surface area contributed by atoms with Crippen molar-refractivity contribution >= 4 is 75.0 Å². The molecule has 0 aliphatic carbocycles. The maximum atomic E-state index is 12.8. The van der Waals surface area contributed by atoms with Crippen LogP contribution >= 0.6 is 46.4 Å². The number of rotatable bonds is 8. The number of thioether (sulfide) groups is 2. The normalized spacial score (nSPS) is 20.6. The number of carbonyl (C=O) groups is 3. The molecule has 4 N–H and O–H groups in total. The van der Waals surface area contributed by atoms with Gasteiger partial charge in [0.25, 0.3) is 11.8 Å². The van der Waals surface area contributed by atoms with Gasteiger partial charge in [-0.3, -0.25) is 14.5 Å². The Labute approximate surface area is 197 Å². The molecule has 168 valence electrons. The zero-order valence-corrected chi connectivity index (χ0v) is 19.5. The Morgan fingerprint density at radius 2 is 2.31 bits per heavy atom. The summed E-state index contributed by atoms with van der Waals surface area (Å²) in [5, 5.41) is 21.1. The van der Waals surface area contributed by atoms with Crippen LogP contribution in [0.4, 0.5) is 5.13 Å². The van der Waals surface area contributed by atoms with E-state index in [0.717, 1.165) is 15.5 Å². The molecule has 1 saturated heterocycles. The lowest BCUT2D eigenvalue weighted by molar-refractivity contribution is -0.150. The van der Waals surface area contributed by atoms with Crippen LogP contribution in [0.25, 0.3) is 0 Å². The number of fused-ring (bicyclic) bond motifs is 1. The standard InChI is InChI=1S/C16H15N7O5S4/c1-28-21-9(7-5-31-16(17)19-7)12(24)20-10-13(25)23-11(15(26)27)6(4-30-14(10)23)3-29-8-2-18-22-32-8/h2,5,10,14H,3-4H2,1H3,(H2,17,19)(H,20,24)(H,26,27)/t10-,14+/m1/s1. The number of oxime groups is 1. The number of anilines is 1. The van der Waals surface area contributed by atoms with E-state index >= 15 is 0 Å². The second-order valence-electron chi connectivity index (χ2n) is 6.34. The van der Waals surface area contributed by atoms with Gasteiger partial charge in [-0.1, -0.05) is 9.64 Å². The molecule has 0 aromatic carbocycles.